The van der Waals surface area contributed by atoms with E-state index < -0.39 is 5.82 Å². The summed E-state index contributed by atoms with van der Waals surface area (Å²) in [6.07, 6.45) is 0. The Morgan fingerprint density at radius 2 is 2.14 bits per heavy atom. The number of hydrogen-bond acceptors (Lipinski definition) is 4. The molecular formula is C15H14FN3O2. The molecule has 3 rings (SSSR count). The van der Waals surface area contributed by atoms with Gasteiger partial charge in [-0.15, -0.1) is 0 Å². The normalized spacial score (nSPS) is 11.1. The highest BCUT2D eigenvalue weighted by Gasteiger charge is 2.04. The molecule has 0 fully saturated rings. The highest BCUT2D eigenvalue weighted by molar-refractivity contribution is 5.78. The van der Waals surface area contributed by atoms with Crippen LogP contribution in [0.15, 0.2) is 39.6 Å². The molecule has 3 aromatic rings. The quantitative estimate of drug-likeness (QED) is 0.772. The number of nitrogens with zero attached hydrogens (tertiary/aromatic N) is 1. The van der Waals surface area contributed by atoms with E-state index >= 15 is 0 Å². The molecule has 0 saturated carbocycles. The number of nitrogens with one attached hydrogen (secondary N) is 2. The van der Waals surface area contributed by atoms with Crippen LogP contribution in [0.3, 0.4) is 0 Å². The summed E-state index contributed by atoms with van der Waals surface area (Å²) in [5, 5.41) is 7.39. The molecule has 0 aliphatic heterocycles. The number of fused-ring (bicyclic) bond motifs is 1. The molecule has 0 aliphatic carbocycles. The second-order valence-corrected chi connectivity index (χ2v) is 4.88. The summed E-state index contributed by atoms with van der Waals surface area (Å²) in [7, 11) is 0. The summed E-state index contributed by atoms with van der Waals surface area (Å²) < 4.78 is 18.1. The van der Waals surface area contributed by atoms with Crippen LogP contribution in [0.25, 0.3) is 10.9 Å². The van der Waals surface area contributed by atoms with Crippen molar-refractivity contribution in [1.29, 1.82) is 0 Å². The van der Waals surface area contributed by atoms with Crippen LogP contribution in [0.2, 0.25) is 0 Å². The van der Waals surface area contributed by atoms with Crippen molar-refractivity contribution in [2.24, 2.45) is 0 Å². The van der Waals surface area contributed by atoms with Gasteiger partial charge in [0.05, 0.1) is 5.69 Å². The van der Waals surface area contributed by atoms with Crippen LogP contribution >= 0.6 is 0 Å². The van der Waals surface area contributed by atoms with Crippen molar-refractivity contribution < 1.29 is 8.91 Å². The molecule has 0 saturated heterocycles. The Kier molecular flexibility index (Phi) is 3.53. The van der Waals surface area contributed by atoms with E-state index in [2.05, 4.69) is 15.5 Å². The van der Waals surface area contributed by atoms with Gasteiger partial charge in [-0.2, -0.15) is 0 Å². The lowest BCUT2D eigenvalue weighted by atomic mass is 10.2. The summed E-state index contributed by atoms with van der Waals surface area (Å²) in [6, 6.07) is 7.45. The lowest BCUT2D eigenvalue weighted by Crippen LogP contribution is -2.16. The molecule has 21 heavy (non-hydrogen) atoms. The molecule has 108 valence electrons. The summed E-state index contributed by atoms with van der Waals surface area (Å²) >= 11 is 0. The maximum atomic E-state index is 13.1. The van der Waals surface area contributed by atoms with Gasteiger partial charge in [-0.25, -0.2) is 4.39 Å². The van der Waals surface area contributed by atoms with Crippen LogP contribution in [0.4, 0.5) is 4.39 Å². The van der Waals surface area contributed by atoms with Gasteiger partial charge in [-0.05, 0) is 25.1 Å². The van der Waals surface area contributed by atoms with Crippen LogP contribution in [0.5, 0.6) is 0 Å². The molecule has 0 unspecified atom stereocenters. The Labute approximate surface area is 119 Å². The van der Waals surface area contributed by atoms with Crippen LogP contribution in [-0.4, -0.2) is 10.1 Å². The first kappa shape index (κ1) is 13.5. The SMILES string of the molecule is Cc1cc(CNCc2cc(=O)c3cc(F)ccc3[nH]2)no1. The van der Waals surface area contributed by atoms with Crippen LogP contribution < -0.4 is 10.7 Å². The predicted octanol–water partition coefficient (Wildman–Crippen LogP) is 2.25. The minimum atomic E-state index is -0.416. The van der Waals surface area contributed by atoms with E-state index in [1.807, 2.05) is 13.0 Å². The van der Waals surface area contributed by atoms with E-state index in [0.29, 0.717) is 24.0 Å². The van der Waals surface area contributed by atoms with Gasteiger partial charge in [-0.3, -0.25) is 4.79 Å². The Bertz CT molecular complexity index is 838. The molecule has 0 aliphatic rings. The zero-order chi connectivity index (χ0) is 14.8. The first-order valence-corrected chi connectivity index (χ1v) is 6.56. The first-order chi connectivity index (χ1) is 10.1. The van der Waals surface area contributed by atoms with Gasteiger partial charge in [0.15, 0.2) is 5.43 Å². The Morgan fingerprint density at radius 1 is 1.29 bits per heavy atom. The standard InChI is InChI=1S/C15H14FN3O2/c1-9-4-12(19-21-9)8-17-7-11-6-15(20)13-5-10(16)2-3-14(13)18-11/h2-6,17H,7-8H2,1H3,(H,18,20). The summed E-state index contributed by atoms with van der Waals surface area (Å²) in [5.41, 5.74) is 1.97. The van der Waals surface area contributed by atoms with Crippen LogP contribution in [0.1, 0.15) is 17.1 Å². The molecular weight excluding hydrogens is 273 g/mol. The third kappa shape index (κ3) is 3.00. The molecule has 0 radical (unpaired) electrons. The number of halogens is 1. The molecule has 6 heteroatoms. The minimum absolute atomic E-state index is 0.197. The van der Waals surface area contributed by atoms with Crippen molar-refractivity contribution in [3.05, 3.63) is 63.5 Å². The average molecular weight is 287 g/mol. The third-order valence-corrected chi connectivity index (χ3v) is 3.15. The maximum Gasteiger partial charge on any atom is 0.189 e. The Morgan fingerprint density at radius 3 is 2.90 bits per heavy atom. The first-order valence-electron chi connectivity index (χ1n) is 6.56. The van der Waals surface area contributed by atoms with Gasteiger partial charge in [-0.1, -0.05) is 5.16 Å². The molecule has 5 nitrogen and oxygen atoms in total. The van der Waals surface area contributed by atoms with Gasteiger partial charge in [0, 0.05) is 41.8 Å². The van der Waals surface area contributed by atoms with E-state index in [4.69, 9.17) is 4.52 Å². The number of aromatic amines is 1. The van der Waals surface area contributed by atoms with Crippen molar-refractivity contribution in [2.45, 2.75) is 20.0 Å². The number of pyridine rings is 1. The third-order valence-electron chi connectivity index (χ3n) is 3.15. The second kappa shape index (κ2) is 5.49. The molecule has 2 heterocycles. The van der Waals surface area contributed by atoms with Gasteiger partial charge in [0.1, 0.15) is 11.6 Å². The van der Waals surface area contributed by atoms with Gasteiger partial charge in [0.25, 0.3) is 0 Å². The van der Waals surface area contributed by atoms with Crippen LogP contribution in [0, 0.1) is 12.7 Å². The predicted molar refractivity (Wildman–Crippen MR) is 76.3 cm³/mol. The van der Waals surface area contributed by atoms with Crippen molar-refractivity contribution in [3.8, 4) is 0 Å². The fourth-order valence-corrected chi connectivity index (χ4v) is 2.20. The smallest absolute Gasteiger partial charge is 0.189 e. The minimum Gasteiger partial charge on any atom is -0.361 e. The number of H-pyrrole nitrogens is 1. The lowest BCUT2D eigenvalue weighted by Gasteiger charge is -2.05. The average Bonchev–Trinajstić information content (AvgIpc) is 2.85. The number of aryl methyl sites for hydroxylation is 1. The highest BCUT2D eigenvalue weighted by Crippen LogP contribution is 2.10. The molecule has 0 amide bonds. The molecule has 2 N–H and O–H groups in total. The lowest BCUT2D eigenvalue weighted by molar-refractivity contribution is 0.388. The summed E-state index contributed by atoms with van der Waals surface area (Å²) in [4.78, 5) is 15.1. The van der Waals surface area contributed by atoms with Crippen molar-refractivity contribution in [3.63, 3.8) is 0 Å². The second-order valence-electron chi connectivity index (χ2n) is 4.88. The molecule has 0 atom stereocenters. The molecule has 0 spiro atoms. The topological polar surface area (TPSA) is 70.9 Å². The number of hydrogen-bond donors (Lipinski definition) is 2. The Hall–Kier alpha value is -2.47. The highest BCUT2D eigenvalue weighted by atomic mass is 19.1. The van der Waals surface area contributed by atoms with Gasteiger partial charge in [0.2, 0.25) is 0 Å². The van der Waals surface area contributed by atoms with Crippen molar-refractivity contribution in [2.75, 3.05) is 0 Å². The van der Waals surface area contributed by atoms with Crippen molar-refractivity contribution >= 4 is 10.9 Å². The summed E-state index contributed by atoms with van der Waals surface area (Å²) in [5.74, 6) is 0.341. The number of aromatic nitrogens is 2. The monoisotopic (exact) mass is 287 g/mol. The number of rotatable bonds is 4. The van der Waals surface area contributed by atoms with E-state index in [1.54, 1.807) is 6.07 Å². The molecule has 0 bridgehead atoms. The zero-order valence-corrected chi connectivity index (χ0v) is 11.4. The molecule has 2 aromatic heterocycles. The number of benzene rings is 1. The maximum absolute atomic E-state index is 13.1. The van der Waals surface area contributed by atoms with E-state index in [9.17, 15) is 9.18 Å². The Balaban J connectivity index is 1.75. The fourth-order valence-electron chi connectivity index (χ4n) is 2.20. The van der Waals surface area contributed by atoms with E-state index in [-0.39, 0.29) is 5.43 Å². The van der Waals surface area contributed by atoms with Crippen molar-refractivity contribution in [1.82, 2.24) is 15.5 Å². The van der Waals surface area contributed by atoms with Gasteiger partial charge >= 0.3 is 0 Å². The largest absolute Gasteiger partial charge is 0.361 e. The van der Waals surface area contributed by atoms with E-state index in [1.165, 1.54) is 18.2 Å². The van der Waals surface area contributed by atoms with Gasteiger partial charge < -0.3 is 14.8 Å². The summed E-state index contributed by atoms with van der Waals surface area (Å²) in [6.45, 7) is 2.85. The zero-order valence-electron chi connectivity index (χ0n) is 11.4. The van der Waals surface area contributed by atoms with Crippen LogP contribution in [-0.2, 0) is 13.1 Å². The molecule has 1 aromatic carbocycles. The fraction of sp³-hybridized carbons (Fsp3) is 0.200. The van der Waals surface area contributed by atoms with E-state index in [0.717, 1.165) is 17.1 Å².